The van der Waals surface area contributed by atoms with Crippen molar-refractivity contribution in [3.8, 4) is 22.8 Å². The van der Waals surface area contributed by atoms with Crippen molar-refractivity contribution in [2.75, 3.05) is 7.11 Å². The van der Waals surface area contributed by atoms with Crippen molar-refractivity contribution in [2.24, 2.45) is 0 Å². The van der Waals surface area contributed by atoms with Gasteiger partial charge in [0.25, 0.3) is 0 Å². The van der Waals surface area contributed by atoms with Crippen molar-refractivity contribution in [2.45, 2.75) is 38.2 Å². The quantitative estimate of drug-likeness (QED) is 0.535. The number of carboxylic acids is 1. The average molecular weight is 422 g/mol. The molecular weight excluding hydrogens is 399 g/mol. The number of benzene rings is 2. The first kappa shape index (κ1) is 20.8. The van der Waals surface area contributed by atoms with Crippen LogP contribution < -0.4 is 9.47 Å². The first-order valence-corrected chi connectivity index (χ1v) is 10.2. The van der Waals surface area contributed by atoms with Crippen LogP contribution in [0.2, 0.25) is 0 Å². The molecule has 0 unspecified atom stereocenters. The molecule has 1 aliphatic rings. The zero-order valence-electron chi connectivity index (χ0n) is 17.2. The zero-order valence-corrected chi connectivity index (χ0v) is 17.2. The van der Waals surface area contributed by atoms with Crippen molar-refractivity contribution in [1.82, 2.24) is 9.97 Å². The highest BCUT2D eigenvalue weighted by Crippen LogP contribution is 2.43. The molecule has 0 amide bonds. The van der Waals surface area contributed by atoms with E-state index in [2.05, 4.69) is 4.98 Å². The van der Waals surface area contributed by atoms with Crippen molar-refractivity contribution < 1.29 is 23.8 Å². The molecule has 0 radical (unpaired) electrons. The maximum absolute atomic E-state index is 14.5. The number of halogens is 1. The number of nitrogens with zero attached hydrogens (tertiary/aromatic N) is 2. The maximum Gasteiger partial charge on any atom is 0.303 e. The molecule has 160 valence electrons. The smallest absolute Gasteiger partial charge is 0.303 e. The summed E-state index contributed by atoms with van der Waals surface area (Å²) >= 11 is 0. The van der Waals surface area contributed by atoms with Gasteiger partial charge in [-0.2, -0.15) is 0 Å². The van der Waals surface area contributed by atoms with E-state index in [1.165, 1.54) is 6.07 Å². The van der Waals surface area contributed by atoms with Gasteiger partial charge in [-0.25, -0.2) is 4.39 Å². The molecule has 1 aliphatic carbocycles. The molecule has 0 saturated heterocycles. The van der Waals surface area contributed by atoms with E-state index in [1.807, 2.05) is 24.3 Å². The van der Waals surface area contributed by atoms with E-state index in [4.69, 9.17) is 19.6 Å². The lowest BCUT2D eigenvalue weighted by Crippen LogP contribution is -2.05. The van der Waals surface area contributed by atoms with Gasteiger partial charge in [-0.3, -0.25) is 14.8 Å². The predicted octanol–water partition coefficient (Wildman–Crippen LogP) is 4.76. The van der Waals surface area contributed by atoms with Gasteiger partial charge in [0.1, 0.15) is 23.9 Å². The minimum absolute atomic E-state index is 0.0714. The molecule has 31 heavy (non-hydrogen) atoms. The summed E-state index contributed by atoms with van der Waals surface area (Å²) in [5.74, 6) is 0.282. The number of methoxy groups -OCH3 is 1. The molecule has 1 N–H and O–H groups in total. The number of rotatable bonds is 9. The van der Waals surface area contributed by atoms with Gasteiger partial charge in [0.15, 0.2) is 0 Å². The van der Waals surface area contributed by atoms with E-state index in [0.717, 1.165) is 24.1 Å². The molecule has 0 atom stereocenters. The second kappa shape index (κ2) is 9.12. The monoisotopic (exact) mass is 422 g/mol. The van der Waals surface area contributed by atoms with Crippen LogP contribution >= 0.6 is 0 Å². The molecule has 0 aliphatic heterocycles. The highest BCUT2D eigenvalue weighted by molar-refractivity contribution is 5.67. The molecule has 1 saturated carbocycles. The lowest BCUT2D eigenvalue weighted by molar-refractivity contribution is -0.136. The molecule has 1 heterocycles. The third-order valence-corrected chi connectivity index (χ3v) is 5.15. The Kier molecular flexibility index (Phi) is 6.11. The Hall–Kier alpha value is -3.48. The number of hydrogen-bond acceptors (Lipinski definition) is 5. The number of hydrogen-bond donors (Lipinski definition) is 1. The average Bonchev–Trinajstić information content (AvgIpc) is 3.62. The van der Waals surface area contributed by atoms with E-state index >= 15 is 0 Å². The summed E-state index contributed by atoms with van der Waals surface area (Å²) in [5.41, 5.74) is 3.26. The Bertz CT molecular complexity index is 1100. The summed E-state index contributed by atoms with van der Waals surface area (Å²) in [6, 6.07) is 12.0. The SMILES string of the molecule is COc1ccc(F)c(-c2ncc(COc3cccc(CCC(=O)O)c3)nc2C2CC2)c1. The zero-order chi connectivity index (χ0) is 21.8. The molecule has 3 aromatic rings. The van der Waals surface area contributed by atoms with Crippen LogP contribution in [0.25, 0.3) is 11.3 Å². The van der Waals surface area contributed by atoms with Crippen LogP contribution in [0.5, 0.6) is 11.5 Å². The van der Waals surface area contributed by atoms with Crippen LogP contribution in [0, 0.1) is 5.82 Å². The van der Waals surface area contributed by atoms with Gasteiger partial charge in [0, 0.05) is 17.9 Å². The van der Waals surface area contributed by atoms with Gasteiger partial charge in [-0.15, -0.1) is 0 Å². The van der Waals surface area contributed by atoms with Gasteiger partial charge in [-0.05, 0) is 55.2 Å². The largest absolute Gasteiger partial charge is 0.497 e. The minimum Gasteiger partial charge on any atom is -0.497 e. The molecule has 2 aromatic carbocycles. The van der Waals surface area contributed by atoms with Gasteiger partial charge in [-0.1, -0.05) is 12.1 Å². The van der Waals surface area contributed by atoms with Gasteiger partial charge >= 0.3 is 5.97 Å². The Morgan fingerprint density at radius 1 is 1.19 bits per heavy atom. The highest BCUT2D eigenvalue weighted by Gasteiger charge is 2.30. The summed E-state index contributed by atoms with van der Waals surface area (Å²) < 4.78 is 25.6. The fourth-order valence-electron chi connectivity index (χ4n) is 3.37. The summed E-state index contributed by atoms with van der Waals surface area (Å²) in [5, 5.41) is 8.85. The van der Waals surface area contributed by atoms with Crippen molar-refractivity contribution >= 4 is 5.97 Å². The topological polar surface area (TPSA) is 81.5 Å². The van der Waals surface area contributed by atoms with Crippen LogP contribution in [-0.2, 0) is 17.8 Å². The Balaban J connectivity index is 1.53. The third kappa shape index (κ3) is 5.17. The number of carbonyl (C=O) groups is 1. The fourth-order valence-corrected chi connectivity index (χ4v) is 3.37. The number of aliphatic carboxylic acids is 1. The number of aryl methyl sites for hydroxylation is 1. The van der Waals surface area contributed by atoms with Crippen LogP contribution in [0.1, 0.15) is 42.1 Å². The van der Waals surface area contributed by atoms with Crippen molar-refractivity contribution in [3.63, 3.8) is 0 Å². The number of carboxylic acid groups (broad SMARTS) is 1. The van der Waals surface area contributed by atoms with E-state index in [-0.39, 0.29) is 24.8 Å². The normalized spacial score (nSPS) is 13.1. The summed E-state index contributed by atoms with van der Waals surface area (Å²) in [6.07, 6.45) is 4.13. The number of ether oxygens (including phenoxy) is 2. The maximum atomic E-state index is 14.5. The molecule has 4 rings (SSSR count). The molecule has 1 aromatic heterocycles. The molecule has 6 nitrogen and oxygen atoms in total. The third-order valence-electron chi connectivity index (χ3n) is 5.15. The summed E-state index contributed by atoms with van der Waals surface area (Å²) in [4.78, 5) is 20.0. The van der Waals surface area contributed by atoms with Crippen LogP contribution in [-0.4, -0.2) is 28.2 Å². The second-order valence-electron chi connectivity index (χ2n) is 7.55. The van der Waals surface area contributed by atoms with Crippen molar-refractivity contribution in [1.29, 1.82) is 0 Å². The molecular formula is C24H23FN2O4. The molecule has 0 spiro atoms. The van der Waals surface area contributed by atoms with E-state index in [0.29, 0.717) is 34.9 Å². The van der Waals surface area contributed by atoms with Crippen LogP contribution in [0.3, 0.4) is 0 Å². The fraction of sp³-hybridized carbons (Fsp3) is 0.292. The van der Waals surface area contributed by atoms with Gasteiger partial charge in [0.05, 0.1) is 30.4 Å². The number of aromatic nitrogens is 2. The second-order valence-corrected chi connectivity index (χ2v) is 7.55. The Morgan fingerprint density at radius 3 is 2.77 bits per heavy atom. The Labute approximate surface area is 179 Å². The van der Waals surface area contributed by atoms with Crippen LogP contribution in [0.4, 0.5) is 4.39 Å². The van der Waals surface area contributed by atoms with Crippen LogP contribution in [0.15, 0.2) is 48.7 Å². The first-order valence-electron chi connectivity index (χ1n) is 10.2. The standard InChI is InChI=1S/C24H23FN2O4/c1-30-18-8-9-21(25)20(12-18)24-23(16-6-7-16)27-17(13-26-24)14-31-19-4-2-3-15(11-19)5-10-22(28)29/h2-4,8-9,11-13,16H,5-7,10,14H2,1H3,(H,28,29). The highest BCUT2D eigenvalue weighted by atomic mass is 19.1. The van der Waals surface area contributed by atoms with Crippen molar-refractivity contribution in [3.05, 3.63) is 71.4 Å². The lowest BCUT2D eigenvalue weighted by Gasteiger charge is -2.12. The molecule has 0 bridgehead atoms. The lowest BCUT2D eigenvalue weighted by atomic mass is 10.1. The van der Waals surface area contributed by atoms with E-state index in [9.17, 15) is 9.18 Å². The summed E-state index contributed by atoms with van der Waals surface area (Å²) in [6.45, 7) is 0.218. The van der Waals surface area contributed by atoms with E-state index < -0.39 is 5.97 Å². The Morgan fingerprint density at radius 2 is 2.03 bits per heavy atom. The van der Waals surface area contributed by atoms with Gasteiger partial charge in [0.2, 0.25) is 0 Å². The van der Waals surface area contributed by atoms with E-state index in [1.54, 1.807) is 25.4 Å². The minimum atomic E-state index is -0.832. The predicted molar refractivity (Wildman–Crippen MR) is 113 cm³/mol. The molecule has 7 heteroatoms. The van der Waals surface area contributed by atoms with Gasteiger partial charge < -0.3 is 14.6 Å². The summed E-state index contributed by atoms with van der Waals surface area (Å²) in [7, 11) is 1.54. The first-order chi connectivity index (χ1) is 15.0. The molecule has 1 fully saturated rings.